The van der Waals surface area contributed by atoms with Crippen molar-refractivity contribution >= 4 is 17.3 Å². The lowest BCUT2D eigenvalue weighted by molar-refractivity contribution is 0.927. The van der Waals surface area contributed by atoms with Crippen LogP contribution in [0.1, 0.15) is 22.0 Å². The van der Waals surface area contributed by atoms with E-state index in [1.807, 2.05) is 6.07 Å². The summed E-state index contributed by atoms with van der Waals surface area (Å²) in [5.41, 5.74) is 2.47. The van der Waals surface area contributed by atoms with Crippen molar-refractivity contribution < 1.29 is 0 Å². The summed E-state index contributed by atoms with van der Waals surface area (Å²) in [7, 11) is 0. The van der Waals surface area contributed by atoms with Gasteiger partial charge >= 0.3 is 0 Å². The molecule has 1 atom stereocenters. The van der Waals surface area contributed by atoms with Crippen molar-refractivity contribution in [1.29, 1.82) is 0 Å². The first-order valence-electron chi connectivity index (χ1n) is 6.46. The average molecular weight is 281 g/mol. The summed E-state index contributed by atoms with van der Waals surface area (Å²) < 4.78 is 0. The number of benzene rings is 1. The predicted octanol–water partition coefficient (Wildman–Crippen LogP) is 4.05. The molecule has 3 aromatic rings. The molecule has 2 aromatic heterocycles. The first kappa shape index (κ1) is 12.8. The van der Waals surface area contributed by atoms with Crippen molar-refractivity contribution in [2.45, 2.75) is 13.0 Å². The Bertz CT molecular complexity index is 648. The molecule has 0 saturated heterocycles. The third-order valence-corrected chi connectivity index (χ3v) is 4.01. The third-order valence-electron chi connectivity index (χ3n) is 3.08. The molecule has 0 fully saturated rings. The topological polar surface area (TPSA) is 37.8 Å². The lowest BCUT2D eigenvalue weighted by Gasteiger charge is -2.18. The maximum atomic E-state index is 4.25. The Morgan fingerprint density at radius 2 is 1.75 bits per heavy atom. The summed E-state index contributed by atoms with van der Waals surface area (Å²) in [6.07, 6.45) is 3.49. The highest BCUT2D eigenvalue weighted by Gasteiger charge is 2.15. The molecule has 0 aliphatic carbocycles. The van der Waals surface area contributed by atoms with Gasteiger partial charge in [0.05, 0.1) is 6.04 Å². The summed E-state index contributed by atoms with van der Waals surface area (Å²) in [6, 6.07) is 14.6. The van der Waals surface area contributed by atoms with E-state index in [1.165, 1.54) is 16.0 Å². The number of nitrogens with zero attached hydrogens (tertiary/aromatic N) is 2. The molecule has 3 rings (SSSR count). The van der Waals surface area contributed by atoms with Crippen molar-refractivity contribution in [3.63, 3.8) is 0 Å². The molecule has 0 spiro atoms. The normalized spacial score (nSPS) is 12.1. The van der Waals surface area contributed by atoms with Gasteiger partial charge in [-0.05, 0) is 30.0 Å². The maximum Gasteiger partial charge on any atom is 0.223 e. The number of thiophene rings is 1. The van der Waals surface area contributed by atoms with Gasteiger partial charge in [-0.2, -0.15) is 0 Å². The van der Waals surface area contributed by atoms with Crippen LogP contribution in [-0.2, 0) is 0 Å². The SMILES string of the molecule is Cc1ccc([C@@H](Nc2ncccn2)c2cccs2)cc1. The van der Waals surface area contributed by atoms with E-state index in [9.17, 15) is 0 Å². The summed E-state index contributed by atoms with van der Waals surface area (Å²) in [6.45, 7) is 2.09. The Kier molecular flexibility index (Phi) is 3.74. The van der Waals surface area contributed by atoms with Crippen LogP contribution >= 0.6 is 11.3 Å². The van der Waals surface area contributed by atoms with Crippen LogP contribution in [0, 0.1) is 6.92 Å². The smallest absolute Gasteiger partial charge is 0.223 e. The van der Waals surface area contributed by atoms with Gasteiger partial charge in [-0.3, -0.25) is 0 Å². The first-order valence-corrected chi connectivity index (χ1v) is 7.34. The third kappa shape index (κ3) is 2.86. The first-order chi connectivity index (χ1) is 9.83. The molecule has 0 aliphatic rings. The summed E-state index contributed by atoms with van der Waals surface area (Å²) in [5.74, 6) is 0.645. The monoisotopic (exact) mass is 281 g/mol. The van der Waals surface area contributed by atoms with E-state index in [-0.39, 0.29) is 6.04 Å². The Morgan fingerprint density at radius 3 is 2.40 bits per heavy atom. The minimum Gasteiger partial charge on any atom is -0.342 e. The summed E-state index contributed by atoms with van der Waals surface area (Å²) >= 11 is 1.73. The Hall–Kier alpha value is -2.20. The van der Waals surface area contributed by atoms with Crippen LogP contribution in [-0.4, -0.2) is 9.97 Å². The molecule has 0 amide bonds. The standard InChI is InChI=1S/C16H15N3S/c1-12-5-7-13(8-6-12)15(14-4-2-11-20-14)19-16-17-9-3-10-18-16/h2-11,15H,1H3,(H,17,18,19)/t15-/m1/s1. The second-order valence-corrected chi connectivity index (χ2v) is 5.56. The van der Waals surface area contributed by atoms with Crippen molar-refractivity contribution in [3.8, 4) is 0 Å². The minimum absolute atomic E-state index is 0.0815. The molecule has 0 saturated carbocycles. The van der Waals surface area contributed by atoms with E-state index in [1.54, 1.807) is 23.7 Å². The van der Waals surface area contributed by atoms with Crippen LogP contribution in [0.2, 0.25) is 0 Å². The van der Waals surface area contributed by atoms with Crippen LogP contribution in [0.15, 0.2) is 60.2 Å². The van der Waals surface area contributed by atoms with Crippen LogP contribution in [0.4, 0.5) is 5.95 Å². The van der Waals surface area contributed by atoms with Gasteiger partial charge in [-0.1, -0.05) is 35.9 Å². The molecule has 0 bridgehead atoms. The van der Waals surface area contributed by atoms with Gasteiger partial charge in [0, 0.05) is 17.3 Å². The van der Waals surface area contributed by atoms with E-state index in [4.69, 9.17) is 0 Å². The molecule has 20 heavy (non-hydrogen) atoms. The van der Waals surface area contributed by atoms with Crippen molar-refractivity contribution in [1.82, 2.24) is 9.97 Å². The van der Waals surface area contributed by atoms with Crippen LogP contribution in [0.5, 0.6) is 0 Å². The molecule has 0 aliphatic heterocycles. The van der Waals surface area contributed by atoms with Gasteiger partial charge in [0.15, 0.2) is 0 Å². The second kappa shape index (κ2) is 5.84. The van der Waals surface area contributed by atoms with Crippen LogP contribution in [0.25, 0.3) is 0 Å². The zero-order chi connectivity index (χ0) is 13.8. The lowest BCUT2D eigenvalue weighted by Crippen LogP contribution is -2.13. The largest absolute Gasteiger partial charge is 0.342 e. The van der Waals surface area contributed by atoms with Crippen LogP contribution < -0.4 is 5.32 Å². The molecule has 3 nitrogen and oxygen atoms in total. The summed E-state index contributed by atoms with van der Waals surface area (Å²) in [4.78, 5) is 9.76. The van der Waals surface area contributed by atoms with E-state index < -0.39 is 0 Å². The van der Waals surface area contributed by atoms with Crippen molar-refractivity contribution in [2.75, 3.05) is 5.32 Å². The van der Waals surface area contributed by atoms with Crippen molar-refractivity contribution in [3.05, 3.63) is 76.2 Å². The fourth-order valence-corrected chi connectivity index (χ4v) is 2.84. The van der Waals surface area contributed by atoms with Crippen LogP contribution in [0.3, 0.4) is 0 Å². The zero-order valence-corrected chi connectivity index (χ0v) is 12.0. The number of aryl methyl sites for hydroxylation is 1. The molecule has 1 aromatic carbocycles. The molecule has 4 heteroatoms. The zero-order valence-electron chi connectivity index (χ0n) is 11.2. The van der Waals surface area contributed by atoms with Crippen molar-refractivity contribution in [2.24, 2.45) is 0 Å². The molecule has 100 valence electrons. The van der Waals surface area contributed by atoms with Gasteiger partial charge in [-0.15, -0.1) is 11.3 Å². The van der Waals surface area contributed by atoms with E-state index in [2.05, 4.69) is 64.0 Å². The molecule has 0 radical (unpaired) electrons. The highest BCUT2D eigenvalue weighted by Crippen LogP contribution is 2.28. The van der Waals surface area contributed by atoms with E-state index in [0.29, 0.717) is 5.95 Å². The minimum atomic E-state index is 0.0815. The fraction of sp³-hybridized carbons (Fsp3) is 0.125. The Labute approximate surface area is 122 Å². The van der Waals surface area contributed by atoms with E-state index in [0.717, 1.165) is 0 Å². The maximum absolute atomic E-state index is 4.25. The molecular formula is C16H15N3S. The number of hydrogen-bond acceptors (Lipinski definition) is 4. The average Bonchev–Trinajstić information content (AvgIpc) is 3.01. The Morgan fingerprint density at radius 1 is 1.00 bits per heavy atom. The highest BCUT2D eigenvalue weighted by molar-refractivity contribution is 7.10. The lowest BCUT2D eigenvalue weighted by atomic mass is 10.0. The van der Waals surface area contributed by atoms with Gasteiger partial charge in [0.2, 0.25) is 5.95 Å². The van der Waals surface area contributed by atoms with Gasteiger partial charge < -0.3 is 5.32 Å². The van der Waals surface area contributed by atoms with Gasteiger partial charge in [-0.25, -0.2) is 9.97 Å². The number of aromatic nitrogens is 2. The molecule has 0 unspecified atom stereocenters. The quantitative estimate of drug-likeness (QED) is 0.784. The molecule has 1 N–H and O–H groups in total. The number of nitrogens with one attached hydrogen (secondary N) is 1. The summed E-state index contributed by atoms with van der Waals surface area (Å²) in [5, 5.41) is 5.49. The Balaban J connectivity index is 1.94. The molecular weight excluding hydrogens is 266 g/mol. The highest BCUT2D eigenvalue weighted by atomic mass is 32.1. The number of rotatable bonds is 4. The predicted molar refractivity (Wildman–Crippen MR) is 83.0 cm³/mol. The van der Waals surface area contributed by atoms with Gasteiger partial charge in [0.1, 0.15) is 0 Å². The second-order valence-electron chi connectivity index (χ2n) is 4.58. The fourth-order valence-electron chi connectivity index (χ4n) is 2.04. The molecule has 2 heterocycles. The number of anilines is 1. The van der Waals surface area contributed by atoms with Gasteiger partial charge in [0.25, 0.3) is 0 Å². The van der Waals surface area contributed by atoms with E-state index >= 15 is 0 Å². The number of hydrogen-bond donors (Lipinski definition) is 1.